The normalized spacial score (nSPS) is 10.8. The molecule has 0 bridgehead atoms. The van der Waals surface area contributed by atoms with Crippen LogP contribution in [0.15, 0.2) is 42.5 Å². The van der Waals surface area contributed by atoms with Crippen molar-refractivity contribution in [1.82, 2.24) is 4.98 Å². The number of esters is 1. The molecule has 0 fully saturated rings. The summed E-state index contributed by atoms with van der Waals surface area (Å²) in [5.41, 5.74) is 9.18. The van der Waals surface area contributed by atoms with Crippen molar-refractivity contribution in [3.8, 4) is 22.4 Å². The summed E-state index contributed by atoms with van der Waals surface area (Å²) in [6, 6.07) is 14.1. The molecule has 3 rings (SSSR count). The van der Waals surface area contributed by atoms with Crippen LogP contribution < -0.4 is 0 Å². The zero-order chi connectivity index (χ0) is 21.1. The number of carbonyl (C=O) groups excluding carboxylic acids is 1. The van der Waals surface area contributed by atoms with Crippen LogP contribution in [0.4, 0.5) is 0 Å². The van der Waals surface area contributed by atoms with E-state index in [1.54, 1.807) is 0 Å². The van der Waals surface area contributed by atoms with E-state index in [4.69, 9.17) is 21.3 Å². The molecule has 0 saturated carbocycles. The first-order valence-corrected chi connectivity index (χ1v) is 10.8. The largest absolute Gasteiger partial charge is 0.469 e. The van der Waals surface area contributed by atoms with Crippen LogP contribution >= 0.6 is 27.5 Å². The highest BCUT2D eigenvalue weighted by Crippen LogP contribution is 2.37. The fourth-order valence-electron chi connectivity index (χ4n) is 3.47. The first-order chi connectivity index (χ1) is 13.8. The number of ether oxygens (including phenoxy) is 1. The van der Waals surface area contributed by atoms with Gasteiger partial charge < -0.3 is 4.74 Å². The molecule has 0 N–H and O–H groups in total. The highest BCUT2D eigenvalue weighted by Gasteiger charge is 2.21. The average Bonchev–Trinajstić information content (AvgIpc) is 2.71. The lowest BCUT2D eigenvalue weighted by molar-refractivity contribution is -0.139. The maximum Gasteiger partial charge on any atom is 0.310 e. The third-order valence-corrected chi connectivity index (χ3v) is 6.00. The average molecular weight is 473 g/mol. The first kappa shape index (κ1) is 21.5. The lowest BCUT2D eigenvalue weighted by atomic mass is 9.89. The molecule has 0 amide bonds. The van der Waals surface area contributed by atoms with Crippen LogP contribution in [0, 0.1) is 20.8 Å². The second kappa shape index (κ2) is 9.10. The number of aryl methyl sites for hydroxylation is 2. The summed E-state index contributed by atoms with van der Waals surface area (Å²) in [5, 5.41) is 1.21. The second-order valence-electron chi connectivity index (χ2n) is 7.08. The van der Waals surface area contributed by atoms with Gasteiger partial charge in [0.25, 0.3) is 0 Å². The number of alkyl halides is 1. The van der Waals surface area contributed by atoms with Crippen molar-refractivity contribution in [2.45, 2.75) is 32.5 Å². The number of carbonyl (C=O) groups is 1. The Hall–Kier alpha value is -2.17. The van der Waals surface area contributed by atoms with E-state index in [2.05, 4.69) is 54.9 Å². The molecular weight excluding hydrogens is 450 g/mol. The Morgan fingerprint density at radius 2 is 1.69 bits per heavy atom. The van der Waals surface area contributed by atoms with Crippen molar-refractivity contribution in [3.63, 3.8) is 0 Å². The third-order valence-electron chi connectivity index (χ3n) is 5.22. The summed E-state index contributed by atoms with van der Waals surface area (Å²) in [4.78, 5) is 17.1. The van der Waals surface area contributed by atoms with Crippen molar-refractivity contribution in [2.24, 2.45) is 0 Å². The van der Waals surface area contributed by atoms with Gasteiger partial charge in [-0.05, 0) is 72.4 Å². The smallest absolute Gasteiger partial charge is 0.310 e. The molecule has 0 aliphatic carbocycles. The maximum absolute atomic E-state index is 12.1. The molecule has 0 saturated heterocycles. The molecule has 0 radical (unpaired) electrons. The highest BCUT2D eigenvalue weighted by atomic mass is 79.9. The number of aromatic nitrogens is 1. The highest BCUT2D eigenvalue weighted by molar-refractivity contribution is 9.08. The number of hydrogen-bond donors (Lipinski definition) is 0. The van der Waals surface area contributed by atoms with E-state index in [-0.39, 0.29) is 12.4 Å². The van der Waals surface area contributed by atoms with E-state index >= 15 is 0 Å². The van der Waals surface area contributed by atoms with E-state index in [0.29, 0.717) is 10.4 Å². The minimum atomic E-state index is -0.289. The molecular formula is C24H23BrClNO2. The van der Waals surface area contributed by atoms with Crippen LogP contribution in [0.5, 0.6) is 0 Å². The number of halogens is 2. The van der Waals surface area contributed by atoms with Gasteiger partial charge in [0.2, 0.25) is 0 Å². The fourth-order valence-corrected chi connectivity index (χ4v) is 4.06. The summed E-state index contributed by atoms with van der Waals surface area (Å²) in [7, 11) is 1.40. The molecule has 1 aromatic heterocycles. The van der Waals surface area contributed by atoms with Gasteiger partial charge in [-0.25, -0.2) is 0 Å². The summed E-state index contributed by atoms with van der Waals surface area (Å²) >= 11 is 9.67. The van der Waals surface area contributed by atoms with Crippen LogP contribution in [0.1, 0.15) is 27.9 Å². The Labute approximate surface area is 185 Å². The van der Waals surface area contributed by atoms with E-state index in [1.807, 2.05) is 24.3 Å². The Kier molecular flexibility index (Phi) is 6.76. The van der Waals surface area contributed by atoms with Crippen LogP contribution in [0.25, 0.3) is 22.4 Å². The molecule has 0 spiro atoms. The first-order valence-electron chi connectivity index (χ1n) is 9.34. The molecule has 29 heavy (non-hydrogen) atoms. The lowest BCUT2D eigenvalue weighted by Crippen LogP contribution is -2.11. The summed E-state index contributed by atoms with van der Waals surface area (Å²) in [6.07, 6.45) is 0.163. The van der Waals surface area contributed by atoms with Gasteiger partial charge in [-0.1, -0.05) is 51.8 Å². The number of benzene rings is 2. The van der Waals surface area contributed by atoms with Gasteiger partial charge in [-0.15, -0.1) is 0 Å². The van der Waals surface area contributed by atoms with Gasteiger partial charge in [0.15, 0.2) is 0 Å². The SMILES string of the molecule is COC(=O)Cc1c(CBr)nc(-c2ccc(C)c(C)c2)c(C)c1-c1ccc(Cl)cc1. The van der Waals surface area contributed by atoms with E-state index in [0.717, 1.165) is 39.2 Å². The molecule has 3 aromatic rings. The number of methoxy groups -OCH3 is 1. The van der Waals surface area contributed by atoms with Crippen molar-refractivity contribution in [3.05, 3.63) is 75.4 Å². The Bertz CT molecular complexity index is 1060. The topological polar surface area (TPSA) is 39.2 Å². The zero-order valence-corrected chi connectivity index (χ0v) is 19.3. The van der Waals surface area contributed by atoms with Gasteiger partial charge in [-0.3, -0.25) is 9.78 Å². The molecule has 3 nitrogen and oxygen atoms in total. The number of rotatable bonds is 5. The zero-order valence-electron chi connectivity index (χ0n) is 17.0. The lowest BCUT2D eigenvalue weighted by Gasteiger charge is -2.20. The maximum atomic E-state index is 12.1. The van der Waals surface area contributed by atoms with Crippen molar-refractivity contribution in [1.29, 1.82) is 0 Å². The van der Waals surface area contributed by atoms with Gasteiger partial charge in [-0.2, -0.15) is 0 Å². The van der Waals surface area contributed by atoms with E-state index in [1.165, 1.54) is 18.2 Å². The third kappa shape index (κ3) is 4.54. The van der Waals surface area contributed by atoms with Crippen LogP contribution in [-0.4, -0.2) is 18.1 Å². The second-order valence-corrected chi connectivity index (χ2v) is 8.08. The Morgan fingerprint density at radius 1 is 1.03 bits per heavy atom. The Balaban J connectivity index is 2.32. The van der Waals surface area contributed by atoms with Crippen LogP contribution in [0.3, 0.4) is 0 Å². The summed E-state index contributed by atoms with van der Waals surface area (Å²) in [5.74, 6) is -0.289. The van der Waals surface area contributed by atoms with Crippen LogP contribution in [-0.2, 0) is 21.3 Å². The van der Waals surface area contributed by atoms with E-state index < -0.39 is 0 Å². The summed E-state index contributed by atoms with van der Waals surface area (Å²) < 4.78 is 4.94. The number of nitrogens with zero attached hydrogens (tertiary/aromatic N) is 1. The van der Waals surface area contributed by atoms with E-state index in [9.17, 15) is 4.79 Å². The standard InChI is InChI=1S/C24H23BrClNO2/c1-14-5-6-18(11-15(14)2)24-16(3)23(17-7-9-19(26)10-8-17)20(12-22(28)29-4)21(13-25)27-24/h5-11H,12-13H2,1-4H3. The van der Waals surface area contributed by atoms with Crippen LogP contribution in [0.2, 0.25) is 5.02 Å². The minimum Gasteiger partial charge on any atom is -0.469 e. The molecule has 2 aromatic carbocycles. The molecule has 0 atom stereocenters. The Morgan fingerprint density at radius 3 is 2.28 bits per heavy atom. The number of pyridine rings is 1. The predicted molar refractivity (Wildman–Crippen MR) is 123 cm³/mol. The number of hydrogen-bond acceptors (Lipinski definition) is 3. The molecule has 150 valence electrons. The van der Waals surface area contributed by atoms with Gasteiger partial charge in [0.05, 0.1) is 24.9 Å². The monoisotopic (exact) mass is 471 g/mol. The molecule has 0 aliphatic rings. The van der Waals surface area contributed by atoms with Gasteiger partial charge in [0, 0.05) is 15.9 Å². The molecule has 0 aliphatic heterocycles. The van der Waals surface area contributed by atoms with Crippen molar-refractivity contribution < 1.29 is 9.53 Å². The molecule has 5 heteroatoms. The van der Waals surface area contributed by atoms with Crippen molar-refractivity contribution >= 4 is 33.5 Å². The minimum absolute atomic E-state index is 0.163. The fraction of sp³-hybridized carbons (Fsp3) is 0.250. The van der Waals surface area contributed by atoms with Gasteiger partial charge >= 0.3 is 5.97 Å². The van der Waals surface area contributed by atoms with Gasteiger partial charge in [0.1, 0.15) is 0 Å². The summed E-state index contributed by atoms with van der Waals surface area (Å²) in [6.45, 7) is 6.26. The van der Waals surface area contributed by atoms with Crippen molar-refractivity contribution in [2.75, 3.05) is 7.11 Å². The predicted octanol–water partition coefficient (Wildman–Crippen LogP) is 6.60. The quantitative estimate of drug-likeness (QED) is 0.310. The molecule has 1 heterocycles. The molecule has 0 unspecified atom stereocenters.